The molecule has 0 aliphatic rings. The van der Waals surface area contributed by atoms with Gasteiger partial charge in [-0.2, -0.15) is 0 Å². The third kappa shape index (κ3) is 7.39. The zero-order valence-corrected chi connectivity index (χ0v) is 22.5. The number of nitrogens with zero attached hydrogens (tertiary/aromatic N) is 2. The Morgan fingerprint density at radius 2 is 1.74 bits per heavy atom. The summed E-state index contributed by atoms with van der Waals surface area (Å²) in [6.07, 6.45) is 0.982. The van der Waals surface area contributed by atoms with Gasteiger partial charge in [-0.25, -0.2) is 8.42 Å². The molecule has 1 atom stereocenters. The van der Waals surface area contributed by atoms with E-state index in [1.807, 2.05) is 0 Å². The summed E-state index contributed by atoms with van der Waals surface area (Å²) in [7, 11) is -1.11. The fourth-order valence-corrected chi connectivity index (χ4v) is 4.49. The summed E-state index contributed by atoms with van der Waals surface area (Å²) >= 11 is 12.1. The molecule has 0 saturated carbocycles. The fraction of sp³-hybridized carbons (Fsp3) is 0.391. The third-order valence-corrected chi connectivity index (χ3v) is 7.05. The SMILES string of the molecule is CCNC(=O)[C@@H](C)N(Cc1ccc(Cl)c(Cl)c1)C(=O)CN(c1cc(OC)ccc1OC)S(C)(=O)=O. The number of benzene rings is 2. The lowest BCUT2D eigenvalue weighted by atomic mass is 10.1. The smallest absolute Gasteiger partial charge is 0.244 e. The maximum Gasteiger partial charge on any atom is 0.244 e. The van der Waals surface area contributed by atoms with Crippen LogP contribution in [0.5, 0.6) is 11.5 Å². The van der Waals surface area contributed by atoms with E-state index in [0.717, 1.165) is 10.6 Å². The molecule has 0 saturated heterocycles. The summed E-state index contributed by atoms with van der Waals surface area (Å²) in [6, 6.07) is 8.57. The van der Waals surface area contributed by atoms with E-state index in [9.17, 15) is 18.0 Å². The lowest BCUT2D eigenvalue weighted by molar-refractivity contribution is -0.139. The Hall–Kier alpha value is -2.69. The van der Waals surface area contributed by atoms with Gasteiger partial charge in [0.1, 0.15) is 24.1 Å². The van der Waals surface area contributed by atoms with Gasteiger partial charge in [0, 0.05) is 19.2 Å². The van der Waals surface area contributed by atoms with E-state index in [0.29, 0.717) is 27.9 Å². The molecule has 0 unspecified atom stereocenters. The Kier molecular flexibility index (Phi) is 10.1. The van der Waals surface area contributed by atoms with Crippen molar-refractivity contribution in [2.45, 2.75) is 26.4 Å². The monoisotopic (exact) mass is 545 g/mol. The summed E-state index contributed by atoms with van der Waals surface area (Å²) in [5.74, 6) is -0.377. The summed E-state index contributed by atoms with van der Waals surface area (Å²) < 4.78 is 37.0. The number of methoxy groups -OCH3 is 2. The number of anilines is 1. The summed E-state index contributed by atoms with van der Waals surface area (Å²) in [4.78, 5) is 27.4. The van der Waals surface area contributed by atoms with Crippen LogP contribution in [0.3, 0.4) is 0 Å². The van der Waals surface area contributed by atoms with Crippen molar-refractivity contribution >= 4 is 50.7 Å². The first-order chi connectivity index (χ1) is 16.4. The van der Waals surface area contributed by atoms with Gasteiger partial charge in [-0.15, -0.1) is 0 Å². The van der Waals surface area contributed by atoms with Crippen LogP contribution in [0.15, 0.2) is 36.4 Å². The van der Waals surface area contributed by atoms with Gasteiger partial charge in [0.15, 0.2) is 0 Å². The molecule has 35 heavy (non-hydrogen) atoms. The Balaban J connectivity index is 2.49. The number of hydrogen-bond donors (Lipinski definition) is 1. The van der Waals surface area contributed by atoms with Crippen molar-refractivity contribution in [2.75, 3.05) is 37.9 Å². The minimum Gasteiger partial charge on any atom is -0.497 e. The molecular formula is C23H29Cl2N3O6S. The van der Waals surface area contributed by atoms with Gasteiger partial charge < -0.3 is 19.7 Å². The van der Waals surface area contributed by atoms with E-state index in [4.69, 9.17) is 32.7 Å². The number of likely N-dealkylation sites (N-methyl/N-ethyl adjacent to an activating group) is 1. The first-order valence-electron chi connectivity index (χ1n) is 10.6. The number of rotatable bonds is 11. The Labute approximate surface area is 215 Å². The standard InChI is InChI=1S/C23H29Cl2N3O6S/c1-6-26-23(30)15(2)27(13-16-7-9-18(24)19(25)11-16)22(29)14-28(35(5,31)32)20-12-17(33-3)8-10-21(20)34-4/h7-12,15H,6,13-14H2,1-5H3,(H,26,30)/t15-/m1/s1. The van der Waals surface area contributed by atoms with Gasteiger partial charge >= 0.3 is 0 Å². The largest absolute Gasteiger partial charge is 0.497 e. The van der Waals surface area contributed by atoms with Crippen LogP contribution in [-0.2, 0) is 26.2 Å². The van der Waals surface area contributed by atoms with Crippen molar-refractivity contribution in [3.63, 3.8) is 0 Å². The lowest BCUT2D eigenvalue weighted by Crippen LogP contribution is -2.51. The zero-order chi connectivity index (χ0) is 26.3. The van der Waals surface area contributed by atoms with E-state index < -0.39 is 28.5 Å². The second kappa shape index (κ2) is 12.3. The van der Waals surface area contributed by atoms with E-state index in [-0.39, 0.29) is 23.9 Å². The number of ether oxygens (including phenoxy) is 2. The number of sulfonamides is 1. The molecule has 0 aliphatic heterocycles. The third-order valence-electron chi connectivity index (χ3n) is 5.19. The van der Waals surface area contributed by atoms with E-state index in [1.54, 1.807) is 44.2 Å². The lowest BCUT2D eigenvalue weighted by Gasteiger charge is -2.32. The van der Waals surface area contributed by atoms with Crippen LogP contribution < -0.4 is 19.1 Å². The van der Waals surface area contributed by atoms with Crippen molar-refractivity contribution in [3.8, 4) is 11.5 Å². The molecule has 2 aromatic carbocycles. The molecule has 1 N–H and O–H groups in total. The minimum absolute atomic E-state index is 0.000864. The number of halogens is 2. The van der Waals surface area contributed by atoms with E-state index in [2.05, 4.69) is 5.32 Å². The molecule has 2 aromatic rings. The Morgan fingerprint density at radius 3 is 2.29 bits per heavy atom. The topological polar surface area (TPSA) is 105 Å². The van der Waals surface area contributed by atoms with Crippen molar-refractivity contribution in [1.29, 1.82) is 0 Å². The second-order valence-electron chi connectivity index (χ2n) is 7.65. The number of carbonyl (C=O) groups excluding carboxylic acids is 2. The van der Waals surface area contributed by atoms with Crippen LogP contribution in [0.25, 0.3) is 0 Å². The van der Waals surface area contributed by atoms with Gasteiger partial charge in [0.25, 0.3) is 0 Å². The highest BCUT2D eigenvalue weighted by Crippen LogP contribution is 2.34. The van der Waals surface area contributed by atoms with Gasteiger partial charge in [-0.3, -0.25) is 13.9 Å². The maximum atomic E-state index is 13.5. The minimum atomic E-state index is -3.93. The maximum absolute atomic E-state index is 13.5. The van der Waals surface area contributed by atoms with Gasteiger partial charge in [-0.1, -0.05) is 29.3 Å². The van der Waals surface area contributed by atoms with Crippen LogP contribution in [0.2, 0.25) is 10.0 Å². The predicted octanol–water partition coefficient (Wildman–Crippen LogP) is 3.33. The molecule has 0 fully saturated rings. The van der Waals surface area contributed by atoms with Crippen molar-refractivity contribution in [2.24, 2.45) is 0 Å². The van der Waals surface area contributed by atoms with Crippen LogP contribution >= 0.6 is 23.2 Å². The highest BCUT2D eigenvalue weighted by atomic mass is 35.5. The van der Waals surface area contributed by atoms with Gasteiger partial charge in [0.05, 0.1) is 36.2 Å². The molecule has 192 valence electrons. The first kappa shape index (κ1) is 28.5. The summed E-state index contributed by atoms with van der Waals surface area (Å²) in [5.41, 5.74) is 0.747. The highest BCUT2D eigenvalue weighted by Gasteiger charge is 2.31. The summed E-state index contributed by atoms with van der Waals surface area (Å²) in [5, 5.41) is 3.33. The number of carbonyl (C=O) groups is 2. The molecule has 0 heterocycles. The van der Waals surface area contributed by atoms with Crippen LogP contribution in [0.4, 0.5) is 5.69 Å². The van der Waals surface area contributed by atoms with E-state index >= 15 is 0 Å². The molecule has 12 heteroatoms. The zero-order valence-electron chi connectivity index (χ0n) is 20.2. The Morgan fingerprint density at radius 1 is 1.06 bits per heavy atom. The fourth-order valence-electron chi connectivity index (χ4n) is 3.33. The second-order valence-corrected chi connectivity index (χ2v) is 10.4. The molecule has 0 spiro atoms. The average molecular weight is 546 g/mol. The number of hydrogen-bond acceptors (Lipinski definition) is 6. The molecule has 2 amide bonds. The van der Waals surface area contributed by atoms with Crippen LogP contribution in [0, 0.1) is 0 Å². The van der Waals surface area contributed by atoms with Crippen molar-refractivity contribution < 1.29 is 27.5 Å². The molecule has 0 aromatic heterocycles. The molecular weight excluding hydrogens is 517 g/mol. The molecule has 0 bridgehead atoms. The van der Waals surface area contributed by atoms with Crippen molar-refractivity contribution in [1.82, 2.24) is 10.2 Å². The molecule has 0 aliphatic carbocycles. The average Bonchev–Trinajstić information content (AvgIpc) is 2.81. The highest BCUT2D eigenvalue weighted by molar-refractivity contribution is 7.92. The quantitative estimate of drug-likeness (QED) is 0.464. The number of nitrogens with one attached hydrogen (secondary N) is 1. The summed E-state index contributed by atoms with van der Waals surface area (Å²) in [6.45, 7) is 3.12. The van der Waals surface area contributed by atoms with Gasteiger partial charge in [0.2, 0.25) is 21.8 Å². The normalized spacial score (nSPS) is 12.0. The molecule has 2 rings (SSSR count). The van der Waals surface area contributed by atoms with Crippen molar-refractivity contribution in [3.05, 3.63) is 52.0 Å². The molecule has 0 radical (unpaired) electrons. The number of amides is 2. The predicted molar refractivity (Wildman–Crippen MR) is 137 cm³/mol. The Bertz CT molecular complexity index is 1180. The van der Waals surface area contributed by atoms with E-state index in [1.165, 1.54) is 25.2 Å². The van der Waals surface area contributed by atoms with Gasteiger partial charge in [-0.05, 0) is 43.7 Å². The van der Waals surface area contributed by atoms with Crippen LogP contribution in [0.1, 0.15) is 19.4 Å². The van der Waals surface area contributed by atoms with Crippen LogP contribution in [-0.4, -0.2) is 64.7 Å². The molecule has 9 nitrogen and oxygen atoms in total. The first-order valence-corrected chi connectivity index (χ1v) is 13.2.